The maximum atomic E-state index is 10.9. The summed E-state index contributed by atoms with van der Waals surface area (Å²) in [4.78, 5) is 2.11. The lowest BCUT2D eigenvalue weighted by atomic mass is 9.68. The van der Waals surface area contributed by atoms with E-state index in [1.54, 1.807) is 0 Å². The smallest absolute Gasteiger partial charge is 0.0911 e. The zero-order chi connectivity index (χ0) is 13.9. The Bertz CT molecular complexity index is 499. The Morgan fingerprint density at radius 2 is 1.89 bits per heavy atom. The van der Waals surface area contributed by atoms with Crippen molar-refractivity contribution in [2.75, 3.05) is 11.9 Å². The largest absolute Gasteiger partial charge is 0.387 e. The zero-order valence-corrected chi connectivity index (χ0v) is 13.7. The number of benzene rings is 1. The highest BCUT2D eigenvalue weighted by atomic mass is 79.9. The van der Waals surface area contributed by atoms with Gasteiger partial charge in [-0.05, 0) is 48.8 Å². The first-order valence-corrected chi connectivity index (χ1v) is 7.23. The summed E-state index contributed by atoms with van der Waals surface area (Å²) in [6.07, 6.45) is 0. The molecular weight excluding hydrogens is 314 g/mol. The molecule has 1 N–H and O–H groups in total. The van der Waals surface area contributed by atoms with Gasteiger partial charge >= 0.3 is 0 Å². The average Bonchev–Trinajstić information content (AvgIpc) is 2.29. The Balaban J connectivity index is 2.76. The number of hydrogen-bond acceptors (Lipinski definition) is 2. The van der Waals surface area contributed by atoms with Crippen LogP contribution in [0.15, 0.2) is 16.6 Å². The van der Waals surface area contributed by atoms with Crippen molar-refractivity contribution in [3.8, 4) is 0 Å². The van der Waals surface area contributed by atoms with Crippen molar-refractivity contribution in [2.24, 2.45) is 0 Å². The van der Waals surface area contributed by atoms with Gasteiger partial charge in [0.05, 0.1) is 16.2 Å². The van der Waals surface area contributed by atoms with Crippen LogP contribution in [0, 0.1) is 0 Å². The fourth-order valence-electron chi connectivity index (χ4n) is 2.71. The van der Waals surface area contributed by atoms with Crippen LogP contribution < -0.4 is 4.90 Å². The molecule has 1 aromatic rings. The molecule has 0 spiro atoms. The molecule has 100 valence electrons. The highest BCUT2D eigenvalue weighted by molar-refractivity contribution is 9.10. The van der Waals surface area contributed by atoms with Crippen LogP contribution in [0.2, 0.25) is 5.02 Å². The van der Waals surface area contributed by atoms with E-state index in [0.29, 0.717) is 5.02 Å². The highest BCUT2D eigenvalue weighted by Gasteiger charge is 2.52. The molecule has 2 rings (SSSR count). The summed E-state index contributed by atoms with van der Waals surface area (Å²) in [6.45, 7) is 8.03. The normalized spacial score (nSPS) is 30.2. The first kappa shape index (κ1) is 14.2. The van der Waals surface area contributed by atoms with Crippen LogP contribution >= 0.6 is 27.5 Å². The van der Waals surface area contributed by atoms with Crippen LogP contribution in [-0.2, 0) is 0 Å². The van der Waals surface area contributed by atoms with E-state index in [1.165, 1.54) is 0 Å². The minimum Gasteiger partial charge on any atom is -0.387 e. The van der Waals surface area contributed by atoms with Crippen molar-refractivity contribution >= 4 is 33.2 Å². The van der Waals surface area contributed by atoms with Crippen molar-refractivity contribution in [2.45, 2.75) is 44.8 Å². The highest BCUT2D eigenvalue weighted by Crippen LogP contribution is 2.52. The zero-order valence-electron chi connectivity index (χ0n) is 11.4. The second kappa shape index (κ2) is 4.12. The van der Waals surface area contributed by atoms with E-state index in [0.717, 1.165) is 15.7 Å². The SMILES string of the molecule is CC1c2c(ccc(Br)c2Cl)N(C)C(C)(C)C1(C)O. The minimum absolute atomic E-state index is 0.0244. The average molecular weight is 333 g/mol. The third-order valence-corrected chi connectivity index (χ3v) is 6.12. The number of halogens is 2. The van der Waals surface area contributed by atoms with E-state index in [2.05, 4.69) is 40.7 Å². The van der Waals surface area contributed by atoms with E-state index < -0.39 is 5.60 Å². The van der Waals surface area contributed by atoms with Crippen molar-refractivity contribution in [1.82, 2.24) is 0 Å². The number of fused-ring (bicyclic) bond motifs is 1. The molecule has 0 radical (unpaired) electrons. The van der Waals surface area contributed by atoms with E-state index in [4.69, 9.17) is 11.6 Å². The monoisotopic (exact) mass is 331 g/mol. The van der Waals surface area contributed by atoms with Gasteiger partial charge in [-0.2, -0.15) is 0 Å². The summed E-state index contributed by atoms with van der Waals surface area (Å²) < 4.78 is 0.874. The van der Waals surface area contributed by atoms with Crippen LogP contribution in [0.25, 0.3) is 0 Å². The van der Waals surface area contributed by atoms with Gasteiger partial charge in [0.2, 0.25) is 0 Å². The Labute approximate surface area is 122 Å². The number of nitrogens with zero attached hydrogens (tertiary/aromatic N) is 1. The molecule has 2 nitrogen and oxygen atoms in total. The molecule has 1 aromatic carbocycles. The molecule has 0 fully saturated rings. The third kappa shape index (κ3) is 1.64. The summed E-state index contributed by atoms with van der Waals surface area (Å²) in [5.74, 6) is -0.0244. The molecule has 2 atom stereocenters. The number of aliphatic hydroxyl groups is 1. The van der Waals surface area contributed by atoms with E-state index in [-0.39, 0.29) is 11.5 Å². The molecule has 1 aliphatic rings. The van der Waals surface area contributed by atoms with Crippen LogP contribution in [0.3, 0.4) is 0 Å². The quantitative estimate of drug-likeness (QED) is 0.770. The molecular formula is C14H19BrClNO. The van der Waals surface area contributed by atoms with Crippen molar-refractivity contribution < 1.29 is 5.11 Å². The van der Waals surface area contributed by atoms with Gasteiger partial charge in [0.25, 0.3) is 0 Å². The number of rotatable bonds is 0. The molecule has 0 saturated carbocycles. The van der Waals surface area contributed by atoms with Crippen LogP contribution in [0.1, 0.15) is 39.2 Å². The van der Waals surface area contributed by atoms with Crippen LogP contribution in [0.5, 0.6) is 0 Å². The van der Waals surface area contributed by atoms with Crippen LogP contribution in [-0.4, -0.2) is 23.3 Å². The number of hydrogen-bond donors (Lipinski definition) is 1. The summed E-state index contributed by atoms with van der Waals surface area (Å²) in [7, 11) is 2.00. The summed E-state index contributed by atoms with van der Waals surface area (Å²) in [6, 6.07) is 4.01. The fraction of sp³-hybridized carbons (Fsp3) is 0.571. The molecule has 0 aliphatic carbocycles. The maximum absolute atomic E-state index is 10.9. The van der Waals surface area contributed by atoms with Gasteiger partial charge in [-0.1, -0.05) is 18.5 Å². The maximum Gasteiger partial charge on any atom is 0.0911 e. The summed E-state index contributed by atoms with van der Waals surface area (Å²) in [5, 5.41) is 11.6. The van der Waals surface area contributed by atoms with Crippen molar-refractivity contribution in [3.63, 3.8) is 0 Å². The van der Waals surface area contributed by atoms with Crippen molar-refractivity contribution in [1.29, 1.82) is 0 Å². The van der Waals surface area contributed by atoms with Crippen molar-refractivity contribution in [3.05, 3.63) is 27.2 Å². The Morgan fingerprint density at radius 1 is 1.33 bits per heavy atom. The first-order valence-electron chi connectivity index (χ1n) is 6.06. The molecule has 0 bridgehead atoms. The number of likely N-dealkylation sites (N-methyl/N-ethyl adjacent to an activating group) is 1. The molecule has 1 aliphatic heterocycles. The van der Waals surface area contributed by atoms with Gasteiger partial charge in [0, 0.05) is 28.7 Å². The molecule has 0 amide bonds. The Kier molecular flexibility index (Phi) is 3.24. The fourth-order valence-corrected chi connectivity index (χ4v) is 3.38. The second-order valence-electron chi connectivity index (χ2n) is 5.78. The van der Waals surface area contributed by atoms with E-state index >= 15 is 0 Å². The Morgan fingerprint density at radius 3 is 2.44 bits per heavy atom. The van der Waals surface area contributed by atoms with Gasteiger partial charge < -0.3 is 10.0 Å². The molecule has 18 heavy (non-hydrogen) atoms. The lowest BCUT2D eigenvalue weighted by molar-refractivity contribution is -0.0318. The second-order valence-corrected chi connectivity index (χ2v) is 7.01. The molecule has 0 saturated heterocycles. The summed E-state index contributed by atoms with van der Waals surface area (Å²) >= 11 is 9.86. The van der Waals surface area contributed by atoms with E-state index in [9.17, 15) is 5.11 Å². The molecule has 2 unspecified atom stereocenters. The van der Waals surface area contributed by atoms with E-state index in [1.807, 2.05) is 27.0 Å². The van der Waals surface area contributed by atoms with Crippen LogP contribution in [0.4, 0.5) is 5.69 Å². The molecule has 4 heteroatoms. The predicted octanol–water partition coefficient (Wildman–Crippen LogP) is 4.19. The first-order chi connectivity index (χ1) is 8.12. The van der Waals surface area contributed by atoms with Gasteiger partial charge in [-0.25, -0.2) is 0 Å². The molecule has 0 aromatic heterocycles. The Hall–Kier alpha value is -0.250. The lowest BCUT2D eigenvalue weighted by Gasteiger charge is -2.55. The van der Waals surface area contributed by atoms with Gasteiger partial charge in [-0.15, -0.1) is 0 Å². The lowest BCUT2D eigenvalue weighted by Crippen LogP contribution is -2.63. The minimum atomic E-state index is -0.848. The third-order valence-electron chi connectivity index (χ3n) is 4.82. The summed E-state index contributed by atoms with van der Waals surface area (Å²) in [5.41, 5.74) is 0.903. The topological polar surface area (TPSA) is 23.5 Å². The van der Waals surface area contributed by atoms with Gasteiger partial charge in [0.1, 0.15) is 0 Å². The predicted molar refractivity (Wildman–Crippen MR) is 80.7 cm³/mol. The van der Waals surface area contributed by atoms with Gasteiger partial charge in [-0.3, -0.25) is 0 Å². The molecule has 1 heterocycles. The number of anilines is 1. The standard InChI is InChI=1S/C14H19BrClNO/c1-8-11-10(7-6-9(15)12(11)16)17(5)13(2,3)14(8,4)18/h6-8,18H,1-5H3. The van der Waals surface area contributed by atoms with Gasteiger partial charge in [0.15, 0.2) is 0 Å².